The van der Waals surface area contributed by atoms with Crippen molar-refractivity contribution in [2.24, 2.45) is 17.4 Å². The third-order valence-corrected chi connectivity index (χ3v) is 4.07. The summed E-state index contributed by atoms with van der Waals surface area (Å²) < 4.78 is 46.9. The van der Waals surface area contributed by atoms with Gasteiger partial charge in [-0.25, -0.2) is 18.0 Å². The van der Waals surface area contributed by atoms with Gasteiger partial charge in [-0.1, -0.05) is 0 Å². The molecule has 0 spiro atoms. The van der Waals surface area contributed by atoms with E-state index in [2.05, 4.69) is 10.1 Å². The molecule has 1 saturated carbocycles. The highest BCUT2D eigenvalue weighted by molar-refractivity contribution is 5.91. The molecule has 0 heterocycles. The molecule has 10 heteroatoms. The van der Waals surface area contributed by atoms with Gasteiger partial charge < -0.3 is 26.8 Å². The smallest absolute Gasteiger partial charge is 0.313 e. The lowest BCUT2D eigenvalue weighted by molar-refractivity contribution is -0.119. The summed E-state index contributed by atoms with van der Waals surface area (Å²) in [5.74, 6) is -2.41. The van der Waals surface area contributed by atoms with Crippen LogP contribution < -0.4 is 22.1 Å². The average molecular weight is 360 g/mol. The third-order valence-electron chi connectivity index (χ3n) is 4.07. The Morgan fingerprint density at radius 2 is 2.08 bits per heavy atom. The first-order valence-electron chi connectivity index (χ1n) is 7.42. The first-order valence-corrected chi connectivity index (χ1v) is 7.42. The van der Waals surface area contributed by atoms with Gasteiger partial charge in [0.15, 0.2) is 0 Å². The number of amides is 3. The van der Waals surface area contributed by atoms with Gasteiger partial charge in [0.25, 0.3) is 6.43 Å². The lowest BCUT2D eigenvalue weighted by Gasteiger charge is -2.35. The Hall–Kier alpha value is -2.33. The first kappa shape index (κ1) is 19.0. The van der Waals surface area contributed by atoms with Gasteiger partial charge in [0.1, 0.15) is 18.0 Å². The molecule has 7 nitrogen and oxygen atoms in total. The van der Waals surface area contributed by atoms with Crippen molar-refractivity contribution in [3.8, 4) is 0 Å². The number of rotatable bonds is 7. The normalized spacial score (nSPS) is 21.5. The van der Waals surface area contributed by atoms with Crippen LogP contribution in [0.4, 0.5) is 23.7 Å². The van der Waals surface area contributed by atoms with Crippen molar-refractivity contribution in [2.75, 3.05) is 19.0 Å². The Labute approximate surface area is 141 Å². The summed E-state index contributed by atoms with van der Waals surface area (Å²) in [6.45, 7) is -0.264. The number of alkyl halides is 2. The number of nitrogens with one attached hydrogen (secondary N) is 2. The highest BCUT2D eigenvalue weighted by Crippen LogP contribution is 2.49. The summed E-state index contributed by atoms with van der Waals surface area (Å²) in [5, 5.41) is 4.37. The highest BCUT2D eigenvalue weighted by atomic mass is 19.3. The molecule has 1 fully saturated rings. The average Bonchev–Trinajstić information content (AvgIpc) is 3.24. The van der Waals surface area contributed by atoms with Crippen molar-refractivity contribution in [3.05, 3.63) is 29.6 Å². The molecule has 0 aliphatic heterocycles. The van der Waals surface area contributed by atoms with Gasteiger partial charge in [0.05, 0.1) is 0 Å². The number of carbonyl (C=O) groups excluding carboxylic acids is 2. The lowest BCUT2D eigenvalue weighted by atomic mass is 9.84. The maximum Gasteiger partial charge on any atom is 0.313 e. The number of primary amides is 1. The van der Waals surface area contributed by atoms with Crippen molar-refractivity contribution < 1.29 is 27.5 Å². The zero-order valence-corrected chi connectivity index (χ0v) is 13.4. The largest absolute Gasteiger partial charge is 0.375 e. The van der Waals surface area contributed by atoms with Crippen molar-refractivity contribution in [1.82, 2.24) is 5.32 Å². The van der Waals surface area contributed by atoms with Crippen LogP contribution in [0.2, 0.25) is 0 Å². The van der Waals surface area contributed by atoms with E-state index in [0.717, 1.165) is 12.1 Å². The van der Waals surface area contributed by atoms with E-state index in [1.807, 2.05) is 5.32 Å². The van der Waals surface area contributed by atoms with E-state index in [4.69, 9.17) is 11.5 Å². The van der Waals surface area contributed by atoms with E-state index >= 15 is 0 Å². The van der Waals surface area contributed by atoms with Crippen LogP contribution in [0.1, 0.15) is 12.0 Å². The fraction of sp³-hybridized carbons (Fsp3) is 0.467. The number of carbonyl (C=O) groups is 2. The van der Waals surface area contributed by atoms with Crippen LogP contribution in [0.15, 0.2) is 18.2 Å². The maximum atomic E-state index is 14.4. The van der Waals surface area contributed by atoms with Crippen LogP contribution in [0.5, 0.6) is 0 Å². The van der Waals surface area contributed by atoms with Crippen LogP contribution in [0.3, 0.4) is 0 Å². The van der Waals surface area contributed by atoms with Gasteiger partial charge in [0.2, 0.25) is 5.91 Å². The molecule has 3 amide bonds. The number of hydrogen-bond donors (Lipinski definition) is 4. The fourth-order valence-corrected chi connectivity index (χ4v) is 2.88. The minimum absolute atomic E-state index is 0.0731. The molecule has 138 valence electrons. The van der Waals surface area contributed by atoms with E-state index in [1.54, 1.807) is 0 Å². The van der Waals surface area contributed by atoms with Crippen LogP contribution in [0.25, 0.3) is 0 Å². The summed E-state index contributed by atoms with van der Waals surface area (Å²) in [4.78, 5) is 22.9. The number of ether oxygens (including phenoxy) is 1. The molecule has 1 aliphatic rings. The van der Waals surface area contributed by atoms with Crippen LogP contribution in [0, 0.1) is 11.7 Å². The Kier molecular flexibility index (Phi) is 5.53. The number of halogens is 3. The van der Waals surface area contributed by atoms with Gasteiger partial charge in [-0.15, -0.1) is 0 Å². The molecule has 0 unspecified atom stereocenters. The summed E-state index contributed by atoms with van der Waals surface area (Å²) in [7, 11) is 1.31. The topological polar surface area (TPSA) is 119 Å². The predicted molar refractivity (Wildman–Crippen MR) is 83.4 cm³/mol. The fourth-order valence-electron chi connectivity index (χ4n) is 2.88. The SMILES string of the molecule is COCC(=O)Nc1ccc(F)c([C@](NC(N)=O)(C(F)F)[C@H]2C[C@H]2N)c1. The number of hydrogen-bond acceptors (Lipinski definition) is 4. The molecule has 3 atom stereocenters. The number of methoxy groups -OCH3 is 1. The molecule has 0 saturated heterocycles. The Bertz CT molecular complexity index is 673. The summed E-state index contributed by atoms with van der Waals surface area (Å²) in [6.07, 6.45) is -3.00. The van der Waals surface area contributed by atoms with E-state index in [0.29, 0.717) is 0 Å². The zero-order chi connectivity index (χ0) is 18.8. The van der Waals surface area contributed by atoms with Crippen molar-refractivity contribution in [1.29, 1.82) is 0 Å². The summed E-state index contributed by atoms with van der Waals surface area (Å²) in [5.41, 5.74) is 7.92. The van der Waals surface area contributed by atoms with Crippen molar-refractivity contribution in [3.63, 3.8) is 0 Å². The van der Waals surface area contributed by atoms with Crippen LogP contribution >= 0.6 is 0 Å². The van der Waals surface area contributed by atoms with Crippen molar-refractivity contribution in [2.45, 2.75) is 24.4 Å². The Morgan fingerprint density at radius 3 is 2.56 bits per heavy atom. The number of nitrogens with two attached hydrogens (primary N) is 2. The summed E-state index contributed by atoms with van der Waals surface area (Å²) in [6, 6.07) is 1.31. The number of urea groups is 1. The van der Waals surface area contributed by atoms with Crippen molar-refractivity contribution >= 4 is 17.6 Å². The second kappa shape index (κ2) is 7.28. The molecule has 1 aromatic rings. The predicted octanol–water partition coefficient (Wildman–Crippen LogP) is 0.886. The second-order valence-electron chi connectivity index (χ2n) is 5.84. The van der Waals surface area contributed by atoms with E-state index in [1.165, 1.54) is 13.2 Å². The molecule has 25 heavy (non-hydrogen) atoms. The molecule has 0 aromatic heterocycles. The highest BCUT2D eigenvalue weighted by Gasteiger charge is 2.59. The minimum Gasteiger partial charge on any atom is -0.375 e. The minimum atomic E-state index is -3.17. The van der Waals surface area contributed by atoms with Gasteiger partial charge in [0, 0.05) is 30.3 Å². The molecule has 2 rings (SSSR count). The standard InChI is InChI=1S/C15H19F3N4O3/c1-25-6-12(23)21-7-2-3-10(16)8(4-7)15(13(17)18,22-14(20)24)9-5-11(9)19/h2-4,9,11,13H,5-6,19H2,1H3,(H,21,23)(H3,20,22,24)/t9-,11+,15+/m0/s1. The van der Waals surface area contributed by atoms with E-state index in [-0.39, 0.29) is 18.7 Å². The van der Waals surface area contributed by atoms with Crippen LogP contribution in [-0.2, 0) is 15.1 Å². The second-order valence-corrected chi connectivity index (χ2v) is 5.84. The number of anilines is 1. The lowest BCUT2D eigenvalue weighted by Crippen LogP contribution is -2.56. The molecule has 1 aromatic carbocycles. The maximum absolute atomic E-state index is 14.4. The van der Waals surface area contributed by atoms with Gasteiger partial charge in [-0.2, -0.15) is 0 Å². The molecule has 0 radical (unpaired) electrons. The zero-order valence-electron chi connectivity index (χ0n) is 13.4. The monoisotopic (exact) mass is 360 g/mol. The summed E-state index contributed by atoms with van der Waals surface area (Å²) >= 11 is 0. The molecule has 0 bridgehead atoms. The molecule has 6 N–H and O–H groups in total. The first-order chi connectivity index (χ1) is 11.7. The van der Waals surface area contributed by atoms with Gasteiger partial charge in [-0.3, -0.25) is 4.79 Å². The quantitative estimate of drug-likeness (QED) is 0.577. The third kappa shape index (κ3) is 3.85. The van der Waals surface area contributed by atoms with Crippen LogP contribution in [-0.4, -0.2) is 38.1 Å². The Morgan fingerprint density at radius 1 is 1.44 bits per heavy atom. The van der Waals surface area contributed by atoms with E-state index < -0.39 is 47.2 Å². The molecule has 1 aliphatic carbocycles. The van der Waals surface area contributed by atoms with Gasteiger partial charge >= 0.3 is 6.03 Å². The van der Waals surface area contributed by atoms with E-state index in [9.17, 15) is 22.8 Å². The number of benzene rings is 1. The molecular formula is C15H19F3N4O3. The Balaban J connectivity index is 2.49. The molecular weight excluding hydrogens is 341 g/mol. The van der Waals surface area contributed by atoms with Gasteiger partial charge in [-0.05, 0) is 24.6 Å².